The van der Waals surface area contributed by atoms with Crippen molar-refractivity contribution >= 4 is 34.7 Å². The molecule has 0 bridgehead atoms. The molecule has 7 nitrogen and oxygen atoms in total. The minimum atomic E-state index is -0.837. The fourth-order valence-electron chi connectivity index (χ4n) is 3.96. The number of esters is 1. The van der Waals surface area contributed by atoms with E-state index in [0.29, 0.717) is 27.4 Å². The molecule has 3 aromatic rings. The molecule has 1 aliphatic heterocycles. The normalized spacial score (nSPS) is 15.9. The average Bonchev–Trinajstić information content (AvgIpc) is 3.29. The second-order valence-electron chi connectivity index (χ2n) is 8.23. The van der Waals surface area contributed by atoms with Gasteiger partial charge in [-0.05, 0) is 57.5 Å². The van der Waals surface area contributed by atoms with E-state index in [2.05, 4.69) is 4.98 Å². The van der Waals surface area contributed by atoms with Gasteiger partial charge in [-0.15, -0.1) is 11.3 Å². The maximum Gasteiger partial charge on any atom is 0.338 e. The van der Waals surface area contributed by atoms with Crippen LogP contribution in [0, 0.1) is 13.8 Å². The summed E-state index contributed by atoms with van der Waals surface area (Å²) in [5.41, 5.74) is 2.01. The van der Waals surface area contributed by atoms with E-state index in [1.807, 2.05) is 18.2 Å². The molecule has 0 saturated carbocycles. The molecule has 2 aromatic carbocycles. The molecule has 0 saturated heterocycles. The molecule has 0 radical (unpaired) electrons. The molecule has 2 heterocycles. The fourth-order valence-corrected chi connectivity index (χ4v) is 4.83. The molecule has 1 atom stereocenters. The van der Waals surface area contributed by atoms with Gasteiger partial charge in [0.1, 0.15) is 0 Å². The number of anilines is 1. The summed E-state index contributed by atoms with van der Waals surface area (Å²) in [4.78, 5) is 45.1. The Labute approximate surface area is 201 Å². The molecule has 0 aliphatic carbocycles. The van der Waals surface area contributed by atoms with Gasteiger partial charge in [0, 0.05) is 5.69 Å². The number of carbonyl (C=O) groups is 3. The van der Waals surface area contributed by atoms with Crippen molar-refractivity contribution in [2.75, 3.05) is 4.90 Å². The summed E-state index contributed by atoms with van der Waals surface area (Å²) in [5, 5.41) is 11.6. The van der Waals surface area contributed by atoms with Gasteiger partial charge >= 0.3 is 5.97 Å². The Kier molecular flexibility index (Phi) is 6.34. The maximum atomic E-state index is 13.6. The second kappa shape index (κ2) is 9.23. The Morgan fingerprint density at radius 2 is 1.71 bits per heavy atom. The number of amides is 1. The van der Waals surface area contributed by atoms with Crippen LogP contribution in [0.25, 0.3) is 0 Å². The highest BCUT2D eigenvalue weighted by molar-refractivity contribution is 7.14. The van der Waals surface area contributed by atoms with E-state index in [1.54, 1.807) is 64.1 Å². The first-order chi connectivity index (χ1) is 16.2. The molecule has 34 heavy (non-hydrogen) atoms. The van der Waals surface area contributed by atoms with Gasteiger partial charge in [-0.25, -0.2) is 9.78 Å². The Hall–Kier alpha value is -3.78. The summed E-state index contributed by atoms with van der Waals surface area (Å²) < 4.78 is 5.22. The summed E-state index contributed by atoms with van der Waals surface area (Å²) in [6, 6.07) is 14.5. The van der Waals surface area contributed by atoms with Crippen LogP contribution >= 0.6 is 11.3 Å². The molecule has 174 valence electrons. The van der Waals surface area contributed by atoms with Crippen molar-refractivity contribution in [1.82, 2.24) is 4.98 Å². The van der Waals surface area contributed by atoms with Gasteiger partial charge in [-0.3, -0.25) is 14.5 Å². The lowest BCUT2D eigenvalue weighted by molar-refractivity contribution is -0.117. The number of aryl methyl sites for hydroxylation is 2. The zero-order valence-corrected chi connectivity index (χ0v) is 20.1. The summed E-state index contributed by atoms with van der Waals surface area (Å²) in [7, 11) is 0. The minimum absolute atomic E-state index is 0.00578. The van der Waals surface area contributed by atoms with Crippen molar-refractivity contribution in [3.05, 3.63) is 92.6 Å². The molecule has 1 aliphatic rings. The van der Waals surface area contributed by atoms with Crippen LogP contribution in [-0.4, -0.2) is 33.9 Å². The smallest absolute Gasteiger partial charge is 0.338 e. The summed E-state index contributed by atoms with van der Waals surface area (Å²) in [6.07, 6.45) is -0.261. The molecule has 0 spiro atoms. The van der Waals surface area contributed by atoms with E-state index in [-0.39, 0.29) is 11.7 Å². The Morgan fingerprint density at radius 1 is 1.06 bits per heavy atom. The Bertz CT molecular complexity index is 1290. The number of aliphatic hydroxyl groups is 1. The van der Waals surface area contributed by atoms with Crippen LogP contribution in [0.4, 0.5) is 5.69 Å². The summed E-state index contributed by atoms with van der Waals surface area (Å²) >= 11 is 1.23. The average molecular weight is 477 g/mol. The van der Waals surface area contributed by atoms with E-state index in [4.69, 9.17) is 4.74 Å². The number of nitrogens with zero attached hydrogens (tertiary/aromatic N) is 2. The van der Waals surface area contributed by atoms with Gasteiger partial charge in [0.25, 0.3) is 5.91 Å². The number of hydrogen-bond donors (Lipinski definition) is 1. The predicted molar refractivity (Wildman–Crippen MR) is 129 cm³/mol. The molecule has 4 rings (SSSR count). The van der Waals surface area contributed by atoms with Crippen LogP contribution in [-0.2, 0) is 9.53 Å². The number of carbonyl (C=O) groups excluding carboxylic acids is 3. The summed E-state index contributed by atoms with van der Waals surface area (Å²) in [5.74, 6) is -2.18. The highest BCUT2D eigenvalue weighted by atomic mass is 32.1. The van der Waals surface area contributed by atoms with E-state index in [0.717, 1.165) is 5.01 Å². The minimum Gasteiger partial charge on any atom is -0.503 e. The zero-order chi connectivity index (χ0) is 24.6. The van der Waals surface area contributed by atoms with Crippen molar-refractivity contribution in [2.45, 2.75) is 39.8 Å². The van der Waals surface area contributed by atoms with Crippen molar-refractivity contribution in [1.29, 1.82) is 0 Å². The molecular weight excluding hydrogens is 452 g/mol. The Morgan fingerprint density at radius 3 is 2.26 bits per heavy atom. The van der Waals surface area contributed by atoms with Crippen LogP contribution in [0.5, 0.6) is 0 Å². The first-order valence-corrected chi connectivity index (χ1v) is 11.6. The van der Waals surface area contributed by atoms with E-state index in [9.17, 15) is 19.5 Å². The van der Waals surface area contributed by atoms with Gasteiger partial charge in [0.2, 0.25) is 5.78 Å². The SMILES string of the molecule is Cc1nc(C)c(C(=O)C2=C(O)C(=O)N(c3ccc(C(=O)OC(C)C)cc3)C2c2ccccc2)s1. The summed E-state index contributed by atoms with van der Waals surface area (Å²) in [6.45, 7) is 7.06. The van der Waals surface area contributed by atoms with E-state index in [1.165, 1.54) is 16.2 Å². The van der Waals surface area contributed by atoms with Crippen LogP contribution in [0.1, 0.15) is 56.2 Å². The van der Waals surface area contributed by atoms with E-state index >= 15 is 0 Å². The van der Waals surface area contributed by atoms with Crippen LogP contribution in [0.3, 0.4) is 0 Å². The van der Waals surface area contributed by atoms with Gasteiger partial charge < -0.3 is 9.84 Å². The largest absolute Gasteiger partial charge is 0.503 e. The quantitative estimate of drug-likeness (QED) is 0.392. The molecule has 0 fully saturated rings. The Balaban J connectivity index is 1.78. The number of rotatable bonds is 6. The van der Waals surface area contributed by atoms with Crippen LogP contribution in [0.15, 0.2) is 65.9 Å². The number of benzene rings is 2. The third-order valence-electron chi connectivity index (χ3n) is 5.40. The molecule has 1 amide bonds. The lowest BCUT2D eigenvalue weighted by Gasteiger charge is -2.27. The third kappa shape index (κ3) is 4.24. The molecule has 8 heteroatoms. The van der Waals surface area contributed by atoms with E-state index < -0.39 is 29.5 Å². The highest BCUT2D eigenvalue weighted by Crippen LogP contribution is 2.42. The molecule has 1 unspecified atom stereocenters. The lowest BCUT2D eigenvalue weighted by atomic mass is 9.95. The molecule has 1 N–H and O–H groups in total. The monoisotopic (exact) mass is 476 g/mol. The maximum absolute atomic E-state index is 13.6. The van der Waals surface area contributed by atoms with Gasteiger partial charge in [0.05, 0.1) is 38.9 Å². The lowest BCUT2D eigenvalue weighted by Crippen LogP contribution is -2.31. The van der Waals surface area contributed by atoms with Gasteiger partial charge in [-0.1, -0.05) is 30.3 Å². The molecular formula is C26H24N2O5S. The number of thiazole rings is 1. The first kappa shape index (κ1) is 23.4. The topological polar surface area (TPSA) is 96.8 Å². The number of ether oxygens (including phenoxy) is 1. The number of aromatic nitrogens is 1. The predicted octanol–water partition coefficient (Wildman–Crippen LogP) is 5.11. The number of ketones is 1. The fraction of sp³-hybridized carbons (Fsp3) is 0.231. The third-order valence-corrected chi connectivity index (χ3v) is 6.47. The van der Waals surface area contributed by atoms with Crippen molar-refractivity contribution in [3.8, 4) is 0 Å². The van der Waals surface area contributed by atoms with Crippen LogP contribution < -0.4 is 4.90 Å². The molecule has 1 aromatic heterocycles. The van der Waals surface area contributed by atoms with Crippen molar-refractivity contribution in [2.24, 2.45) is 0 Å². The van der Waals surface area contributed by atoms with Crippen LogP contribution in [0.2, 0.25) is 0 Å². The van der Waals surface area contributed by atoms with Crippen molar-refractivity contribution < 1.29 is 24.2 Å². The number of hydrogen-bond acceptors (Lipinski definition) is 7. The van der Waals surface area contributed by atoms with Gasteiger partial charge in [-0.2, -0.15) is 0 Å². The zero-order valence-electron chi connectivity index (χ0n) is 19.2. The standard InChI is InChI=1S/C26H24N2O5S/c1-14(2)33-26(32)18-10-12-19(13-11-18)28-21(17-8-6-5-7-9-17)20(23(30)25(28)31)22(29)24-15(3)27-16(4)34-24/h5-14,21,30H,1-4H3. The van der Waals surface area contributed by atoms with Gasteiger partial charge in [0.15, 0.2) is 5.76 Å². The number of aliphatic hydroxyl groups excluding tert-OH is 1. The second-order valence-corrected chi connectivity index (χ2v) is 9.43. The first-order valence-electron chi connectivity index (χ1n) is 10.8. The highest BCUT2D eigenvalue weighted by Gasteiger charge is 2.45. The number of Topliss-reactive ketones (excluding diaryl/α,β-unsaturated/α-hetero) is 1. The van der Waals surface area contributed by atoms with Crippen molar-refractivity contribution in [3.63, 3.8) is 0 Å².